The van der Waals surface area contributed by atoms with E-state index in [4.69, 9.17) is 22.0 Å². The fourth-order valence-corrected chi connectivity index (χ4v) is 1.20. The molecule has 0 saturated heterocycles. The zero-order valence-corrected chi connectivity index (χ0v) is 8.10. The Kier molecular flexibility index (Phi) is 3.06. The molecule has 80 valence electrons. The Labute approximate surface area is 87.2 Å². The van der Waals surface area contributed by atoms with Crippen LogP contribution in [0.25, 0.3) is 0 Å². The number of nitrogens with two attached hydrogens (primary N) is 2. The maximum atomic E-state index is 10.9. The van der Waals surface area contributed by atoms with Crippen LogP contribution in [0.4, 0.5) is 0 Å². The van der Waals surface area contributed by atoms with E-state index in [0.29, 0.717) is 0 Å². The lowest BCUT2D eigenvalue weighted by molar-refractivity contribution is -0.140. The largest absolute Gasteiger partial charge is 0.480 e. The number of hydrogen-bond donors (Lipinski definition) is 4. The second-order valence-electron chi connectivity index (χ2n) is 3.35. The van der Waals surface area contributed by atoms with E-state index in [1.165, 1.54) is 0 Å². The average molecular weight is 207 g/mol. The first-order valence-electron chi connectivity index (χ1n) is 4.37. The highest BCUT2D eigenvalue weighted by molar-refractivity contribution is 6.07. The van der Waals surface area contributed by atoms with Crippen molar-refractivity contribution in [2.75, 3.05) is 0 Å². The number of amidine groups is 1. The van der Waals surface area contributed by atoms with E-state index in [2.05, 4.69) is 0 Å². The number of carboxylic acids is 1. The summed E-state index contributed by atoms with van der Waals surface area (Å²) >= 11 is 0. The quantitative estimate of drug-likeness (QED) is 0.409. The first-order chi connectivity index (χ1) is 6.97. The molecule has 0 bridgehead atoms. The SMILES string of the molecule is N=C(N)C(N)(Cc1ccccc1)C(=O)O. The van der Waals surface area contributed by atoms with Crippen LogP contribution in [0, 0.1) is 5.41 Å². The Morgan fingerprint density at radius 1 is 1.40 bits per heavy atom. The van der Waals surface area contributed by atoms with Crippen molar-refractivity contribution >= 4 is 11.8 Å². The van der Waals surface area contributed by atoms with Crippen molar-refractivity contribution in [2.45, 2.75) is 12.0 Å². The average Bonchev–Trinajstić information content (AvgIpc) is 2.18. The van der Waals surface area contributed by atoms with Crippen molar-refractivity contribution in [3.63, 3.8) is 0 Å². The van der Waals surface area contributed by atoms with Gasteiger partial charge in [0.2, 0.25) is 0 Å². The summed E-state index contributed by atoms with van der Waals surface area (Å²) in [4.78, 5) is 10.9. The summed E-state index contributed by atoms with van der Waals surface area (Å²) < 4.78 is 0. The topological polar surface area (TPSA) is 113 Å². The molecule has 0 radical (unpaired) electrons. The van der Waals surface area contributed by atoms with Gasteiger partial charge in [0.1, 0.15) is 5.84 Å². The van der Waals surface area contributed by atoms with E-state index in [0.717, 1.165) is 5.56 Å². The Balaban J connectivity index is 2.95. The van der Waals surface area contributed by atoms with Crippen LogP contribution in [-0.2, 0) is 11.2 Å². The van der Waals surface area contributed by atoms with Gasteiger partial charge < -0.3 is 16.6 Å². The summed E-state index contributed by atoms with van der Waals surface area (Å²) in [6.45, 7) is 0. The maximum Gasteiger partial charge on any atom is 0.331 e. The van der Waals surface area contributed by atoms with Crippen LogP contribution in [-0.4, -0.2) is 22.5 Å². The number of carbonyl (C=O) groups is 1. The Hall–Kier alpha value is -1.88. The van der Waals surface area contributed by atoms with E-state index < -0.39 is 17.3 Å². The third-order valence-electron chi connectivity index (χ3n) is 2.19. The van der Waals surface area contributed by atoms with Gasteiger partial charge in [0.25, 0.3) is 0 Å². The van der Waals surface area contributed by atoms with Gasteiger partial charge in [-0.1, -0.05) is 30.3 Å². The number of rotatable bonds is 4. The lowest BCUT2D eigenvalue weighted by Crippen LogP contribution is -2.59. The predicted octanol–water partition coefficient (Wildman–Crippen LogP) is -0.0528. The molecule has 0 amide bonds. The molecule has 6 N–H and O–H groups in total. The van der Waals surface area contributed by atoms with Gasteiger partial charge in [0.15, 0.2) is 5.54 Å². The van der Waals surface area contributed by atoms with Gasteiger partial charge in [-0.2, -0.15) is 0 Å². The van der Waals surface area contributed by atoms with Crippen molar-refractivity contribution in [2.24, 2.45) is 11.5 Å². The van der Waals surface area contributed by atoms with E-state index in [9.17, 15) is 4.79 Å². The van der Waals surface area contributed by atoms with Crippen molar-refractivity contribution in [1.82, 2.24) is 0 Å². The van der Waals surface area contributed by atoms with E-state index in [-0.39, 0.29) is 6.42 Å². The van der Waals surface area contributed by atoms with Crippen molar-refractivity contribution in [1.29, 1.82) is 5.41 Å². The second-order valence-corrected chi connectivity index (χ2v) is 3.35. The molecular weight excluding hydrogens is 194 g/mol. The minimum absolute atomic E-state index is 0.0124. The normalized spacial score (nSPS) is 14.2. The summed E-state index contributed by atoms with van der Waals surface area (Å²) in [6.07, 6.45) is 0.0124. The van der Waals surface area contributed by atoms with Crippen LogP contribution >= 0.6 is 0 Å². The van der Waals surface area contributed by atoms with Gasteiger partial charge in [-0.25, -0.2) is 4.79 Å². The summed E-state index contributed by atoms with van der Waals surface area (Å²) in [5, 5.41) is 16.1. The van der Waals surface area contributed by atoms with Crippen molar-refractivity contribution in [3.05, 3.63) is 35.9 Å². The van der Waals surface area contributed by atoms with Gasteiger partial charge in [-0.3, -0.25) is 5.41 Å². The number of hydrogen-bond acceptors (Lipinski definition) is 3. The zero-order chi connectivity index (χ0) is 11.5. The van der Waals surface area contributed by atoms with E-state index >= 15 is 0 Å². The lowest BCUT2D eigenvalue weighted by Gasteiger charge is -2.22. The molecule has 1 aromatic carbocycles. The molecule has 15 heavy (non-hydrogen) atoms. The second kappa shape index (κ2) is 4.10. The van der Waals surface area contributed by atoms with Crippen LogP contribution in [0.5, 0.6) is 0 Å². The Bertz CT molecular complexity index is 362. The van der Waals surface area contributed by atoms with Crippen LogP contribution in [0.1, 0.15) is 5.56 Å². The van der Waals surface area contributed by atoms with Gasteiger partial charge in [0.05, 0.1) is 0 Å². The smallest absolute Gasteiger partial charge is 0.331 e. The number of aliphatic carboxylic acids is 1. The summed E-state index contributed by atoms with van der Waals surface area (Å²) in [5.41, 5.74) is 9.68. The summed E-state index contributed by atoms with van der Waals surface area (Å²) in [7, 11) is 0. The van der Waals surface area contributed by atoms with Crippen LogP contribution in [0.3, 0.4) is 0 Å². The minimum atomic E-state index is -1.82. The Morgan fingerprint density at radius 2 is 1.93 bits per heavy atom. The predicted molar refractivity (Wildman–Crippen MR) is 56.6 cm³/mol. The fraction of sp³-hybridized carbons (Fsp3) is 0.200. The highest BCUT2D eigenvalue weighted by atomic mass is 16.4. The molecule has 0 saturated carbocycles. The van der Waals surface area contributed by atoms with Gasteiger partial charge >= 0.3 is 5.97 Å². The molecular formula is C10H13N3O2. The molecule has 0 fully saturated rings. The lowest BCUT2D eigenvalue weighted by atomic mass is 9.91. The fourth-order valence-electron chi connectivity index (χ4n) is 1.20. The Morgan fingerprint density at radius 3 is 2.33 bits per heavy atom. The van der Waals surface area contributed by atoms with E-state index in [1.807, 2.05) is 6.07 Å². The zero-order valence-electron chi connectivity index (χ0n) is 8.10. The number of carboxylic acid groups (broad SMARTS) is 1. The molecule has 0 aromatic heterocycles. The van der Waals surface area contributed by atoms with Crippen LogP contribution < -0.4 is 11.5 Å². The molecule has 1 atom stereocenters. The molecule has 0 heterocycles. The summed E-state index contributed by atoms with van der Waals surface area (Å²) in [6, 6.07) is 8.85. The molecule has 0 aliphatic carbocycles. The van der Waals surface area contributed by atoms with Crippen LogP contribution in [0.15, 0.2) is 30.3 Å². The van der Waals surface area contributed by atoms with Crippen molar-refractivity contribution < 1.29 is 9.90 Å². The van der Waals surface area contributed by atoms with Crippen molar-refractivity contribution in [3.8, 4) is 0 Å². The molecule has 0 spiro atoms. The maximum absolute atomic E-state index is 10.9. The summed E-state index contributed by atoms with van der Waals surface area (Å²) in [5.74, 6) is -1.84. The molecule has 1 aromatic rings. The van der Waals surface area contributed by atoms with Gasteiger partial charge in [0, 0.05) is 6.42 Å². The first kappa shape index (κ1) is 11.2. The number of benzene rings is 1. The van der Waals surface area contributed by atoms with Gasteiger partial charge in [-0.05, 0) is 5.56 Å². The monoisotopic (exact) mass is 207 g/mol. The highest BCUT2D eigenvalue weighted by Gasteiger charge is 2.37. The third-order valence-corrected chi connectivity index (χ3v) is 2.19. The number of nitrogens with one attached hydrogen (secondary N) is 1. The molecule has 5 nitrogen and oxygen atoms in total. The first-order valence-corrected chi connectivity index (χ1v) is 4.37. The van der Waals surface area contributed by atoms with Gasteiger partial charge in [-0.15, -0.1) is 0 Å². The minimum Gasteiger partial charge on any atom is -0.480 e. The molecule has 5 heteroatoms. The van der Waals surface area contributed by atoms with E-state index in [1.54, 1.807) is 24.3 Å². The highest BCUT2D eigenvalue weighted by Crippen LogP contribution is 2.11. The third kappa shape index (κ3) is 2.32. The standard InChI is InChI=1S/C10H13N3O2/c11-8(12)10(13,9(14)15)6-7-4-2-1-3-5-7/h1-5H,6,13H2,(H3,11,12)(H,14,15). The molecule has 1 rings (SSSR count). The molecule has 0 aliphatic rings. The molecule has 0 aliphatic heterocycles. The van der Waals surface area contributed by atoms with Crippen LogP contribution in [0.2, 0.25) is 0 Å². The molecule has 1 unspecified atom stereocenters.